The van der Waals surface area contributed by atoms with E-state index in [2.05, 4.69) is 15.3 Å². The average molecular weight is 451 g/mol. The smallest absolute Gasteiger partial charge is 0.416 e. The topological polar surface area (TPSA) is 93.6 Å². The molecule has 4 rings (SSSR count). The Morgan fingerprint density at radius 2 is 1.91 bits per heavy atom. The van der Waals surface area contributed by atoms with E-state index in [4.69, 9.17) is 9.47 Å². The van der Waals surface area contributed by atoms with Crippen LogP contribution in [-0.4, -0.2) is 34.3 Å². The predicted octanol–water partition coefficient (Wildman–Crippen LogP) is 4.35. The summed E-state index contributed by atoms with van der Waals surface area (Å²) in [6.45, 7) is 3.78. The zero-order chi connectivity index (χ0) is 23.0. The lowest BCUT2D eigenvalue weighted by atomic mass is 9.93. The van der Waals surface area contributed by atoms with E-state index in [1.807, 2.05) is 0 Å². The SMILES string of the molecule is Cc1nc(CC(=O)O)c(C2OCCO2)c(NC(c2cccc(C(F)(F)F)c2C)C2CC2)n1. The lowest BCUT2D eigenvalue weighted by Crippen LogP contribution is -2.21. The highest BCUT2D eigenvalue weighted by molar-refractivity contribution is 5.71. The minimum absolute atomic E-state index is 0.133. The number of ether oxygens (including phenoxy) is 2. The molecule has 2 aliphatic rings. The van der Waals surface area contributed by atoms with Crippen LogP contribution in [0.1, 0.15) is 58.9 Å². The highest BCUT2D eigenvalue weighted by Crippen LogP contribution is 2.46. The van der Waals surface area contributed by atoms with Crippen LogP contribution in [0.2, 0.25) is 0 Å². The molecule has 0 bridgehead atoms. The molecule has 0 spiro atoms. The van der Waals surface area contributed by atoms with Crippen molar-refractivity contribution in [2.75, 3.05) is 18.5 Å². The number of nitrogens with zero attached hydrogens (tertiary/aromatic N) is 2. The molecule has 10 heteroatoms. The molecule has 32 heavy (non-hydrogen) atoms. The molecule has 1 unspecified atom stereocenters. The van der Waals surface area contributed by atoms with E-state index in [1.54, 1.807) is 13.0 Å². The number of rotatable bonds is 7. The second kappa shape index (κ2) is 8.67. The molecule has 172 valence electrons. The first-order valence-electron chi connectivity index (χ1n) is 10.4. The molecule has 1 aliphatic heterocycles. The van der Waals surface area contributed by atoms with Gasteiger partial charge in [0.25, 0.3) is 0 Å². The third-order valence-electron chi connectivity index (χ3n) is 5.71. The standard InChI is InChI=1S/C22H24F3N3O4/c1-11-14(4-3-5-15(11)22(23,24)25)19(13-6-7-13)28-20-18(21-31-8-9-32-21)16(10-17(29)30)26-12(2)27-20/h3-5,13,19,21H,6-10H2,1-2H3,(H,29,30)(H,26,27,28). The molecule has 1 aliphatic carbocycles. The predicted molar refractivity (Wildman–Crippen MR) is 108 cm³/mol. The number of carboxylic acid groups (broad SMARTS) is 1. The number of carbonyl (C=O) groups is 1. The second-order valence-electron chi connectivity index (χ2n) is 8.10. The lowest BCUT2D eigenvalue weighted by Gasteiger charge is -2.26. The molecule has 7 nitrogen and oxygen atoms in total. The Balaban J connectivity index is 1.78. The highest BCUT2D eigenvalue weighted by atomic mass is 19.4. The van der Waals surface area contributed by atoms with Gasteiger partial charge in [0, 0.05) is 0 Å². The summed E-state index contributed by atoms with van der Waals surface area (Å²) in [7, 11) is 0. The van der Waals surface area contributed by atoms with Crippen LogP contribution < -0.4 is 5.32 Å². The number of halogens is 3. The summed E-state index contributed by atoms with van der Waals surface area (Å²) in [6.07, 6.45) is -3.91. The van der Waals surface area contributed by atoms with Crippen LogP contribution in [-0.2, 0) is 26.9 Å². The van der Waals surface area contributed by atoms with Crippen LogP contribution in [0.25, 0.3) is 0 Å². The Labute approximate surface area is 183 Å². The zero-order valence-corrected chi connectivity index (χ0v) is 17.7. The van der Waals surface area contributed by atoms with Gasteiger partial charge in [-0.3, -0.25) is 4.79 Å². The van der Waals surface area contributed by atoms with E-state index in [0.717, 1.165) is 18.9 Å². The van der Waals surface area contributed by atoms with E-state index in [0.29, 0.717) is 36.0 Å². The molecule has 1 atom stereocenters. The summed E-state index contributed by atoms with van der Waals surface area (Å²) < 4.78 is 51.7. The minimum atomic E-state index is -4.45. The number of benzene rings is 1. The molecule has 0 radical (unpaired) electrons. The van der Waals surface area contributed by atoms with Crippen molar-refractivity contribution >= 4 is 11.8 Å². The van der Waals surface area contributed by atoms with Crippen LogP contribution in [0, 0.1) is 19.8 Å². The van der Waals surface area contributed by atoms with Gasteiger partial charge in [-0.05, 0) is 49.8 Å². The summed E-state index contributed by atoms with van der Waals surface area (Å²) in [6, 6.07) is 3.75. The first kappa shape index (κ1) is 22.5. The molecule has 1 saturated heterocycles. The van der Waals surface area contributed by atoms with Crippen LogP contribution >= 0.6 is 0 Å². The molecule has 2 fully saturated rings. The Hall–Kier alpha value is -2.72. The summed E-state index contributed by atoms with van der Waals surface area (Å²) in [5.41, 5.74) is 0.671. The molecule has 2 heterocycles. The maximum absolute atomic E-state index is 13.5. The molecule has 1 saturated carbocycles. The maximum Gasteiger partial charge on any atom is 0.416 e. The normalized spacial score (nSPS) is 18.0. The number of carboxylic acids is 1. The highest BCUT2D eigenvalue weighted by Gasteiger charge is 2.39. The fourth-order valence-corrected chi connectivity index (χ4v) is 4.12. The van der Waals surface area contributed by atoms with E-state index in [1.165, 1.54) is 13.0 Å². The quantitative estimate of drug-likeness (QED) is 0.647. The van der Waals surface area contributed by atoms with Gasteiger partial charge in [0.1, 0.15) is 11.6 Å². The summed E-state index contributed by atoms with van der Waals surface area (Å²) in [5.74, 6) is -0.260. The first-order chi connectivity index (χ1) is 15.1. The Morgan fingerprint density at radius 1 is 1.22 bits per heavy atom. The van der Waals surface area contributed by atoms with E-state index in [-0.39, 0.29) is 23.6 Å². The van der Waals surface area contributed by atoms with Crippen LogP contribution in [0.5, 0.6) is 0 Å². The number of aromatic nitrogens is 2. The number of nitrogens with one attached hydrogen (secondary N) is 1. The van der Waals surface area contributed by atoms with Crippen LogP contribution in [0.15, 0.2) is 18.2 Å². The third kappa shape index (κ3) is 4.71. The Morgan fingerprint density at radius 3 is 2.50 bits per heavy atom. The summed E-state index contributed by atoms with van der Waals surface area (Å²) in [5, 5.41) is 12.7. The van der Waals surface area contributed by atoms with Crippen LogP contribution in [0.4, 0.5) is 19.0 Å². The molecule has 1 aromatic carbocycles. The second-order valence-corrected chi connectivity index (χ2v) is 8.10. The van der Waals surface area contributed by atoms with Crippen molar-refractivity contribution in [3.63, 3.8) is 0 Å². The number of aryl methyl sites for hydroxylation is 1. The van der Waals surface area contributed by atoms with Gasteiger partial charge in [-0.1, -0.05) is 12.1 Å². The number of anilines is 1. The Bertz CT molecular complexity index is 1020. The third-order valence-corrected chi connectivity index (χ3v) is 5.71. The van der Waals surface area contributed by atoms with Gasteiger partial charge in [0.15, 0.2) is 6.29 Å². The number of hydrogen-bond acceptors (Lipinski definition) is 6. The largest absolute Gasteiger partial charge is 0.481 e. The maximum atomic E-state index is 13.5. The summed E-state index contributed by atoms with van der Waals surface area (Å²) in [4.78, 5) is 20.2. The van der Waals surface area contributed by atoms with Gasteiger partial charge >= 0.3 is 12.1 Å². The van der Waals surface area contributed by atoms with Crippen molar-refractivity contribution in [1.82, 2.24) is 9.97 Å². The van der Waals surface area contributed by atoms with Crippen molar-refractivity contribution in [2.45, 2.75) is 51.6 Å². The van der Waals surface area contributed by atoms with E-state index in [9.17, 15) is 23.1 Å². The van der Waals surface area contributed by atoms with Gasteiger partial charge < -0.3 is 19.9 Å². The van der Waals surface area contributed by atoms with Crippen molar-refractivity contribution in [3.8, 4) is 0 Å². The van der Waals surface area contributed by atoms with Gasteiger partial charge in [0.05, 0.1) is 42.5 Å². The minimum Gasteiger partial charge on any atom is -0.481 e. The fourth-order valence-electron chi connectivity index (χ4n) is 4.12. The van der Waals surface area contributed by atoms with Gasteiger partial charge in [-0.15, -0.1) is 0 Å². The lowest BCUT2D eigenvalue weighted by molar-refractivity contribution is -0.138. The van der Waals surface area contributed by atoms with E-state index >= 15 is 0 Å². The molecule has 0 amide bonds. The van der Waals surface area contributed by atoms with E-state index < -0.39 is 30.0 Å². The Kier molecular flexibility index (Phi) is 6.09. The molecular formula is C22H24F3N3O4. The van der Waals surface area contributed by atoms with Gasteiger partial charge in [-0.25, -0.2) is 9.97 Å². The number of alkyl halides is 3. The molecular weight excluding hydrogens is 427 g/mol. The van der Waals surface area contributed by atoms with Crippen molar-refractivity contribution in [3.05, 3.63) is 52.0 Å². The van der Waals surface area contributed by atoms with Gasteiger partial charge in [0.2, 0.25) is 0 Å². The average Bonchev–Trinajstić information content (AvgIpc) is 3.39. The fraction of sp³-hybridized carbons (Fsp3) is 0.500. The molecule has 1 aromatic heterocycles. The zero-order valence-electron chi connectivity index (χ0n) is 17.7. The monoisotopic (exact) mass is 451 g/mol. The number of hydrogen-bond donors (Lipinski definition) is 2. The van der Waals surface area contributed by atoms with Crippen molar-refractivity contribution in [2.24, 2.45) is 5.92 Å². The van der Waals surface area contributed by atoms with Crippen LogP contribution in [0.3, 0.4) is 0 Å². The molecule has 2 aromatic rings. The molecule has 2 N–H and O–H groups in total. The summed E-state index contributed by atoms with van der Waals surface area (Å²) >= 11 is 0. The van der Waals surface area contributed by atoms with Gasteiger partial charge in [-0.2, -0.15) is 13.2 Å². The number of aliphatic carboxylic acids is 1. The van der Waals surface area contributed by atoms with Crippen molar-refractivity contribution < 1.29 is 32.5 Å². The first-order valence-corrected chi connectivity index (χ1v) is 10.4. The van der Waals surface area contributed by atoms with Crippen molar-refractivity contribution in [1.29, 1.82) is 0 Å².